The lowest BCUT2D eigenvalue weighted by Crippen LogP contribution is -2.10. The van der Waals surface area contributed by atoms with E-state index in [4.69, 9.17) is 14.2 Å². The Hall–Kier alpha value is -0.120. The second kappa shape index (κ2) is 33.9. The van der Waals surface area contributed by atoms with Gasteiger partial charge in [0.1, 0.15) is 0 Å². The third kappa shape index (κ3) is 33.9. The Kier molecular flexibility index (Phi) is 33.8. The zero-order valence-electron chi connectivity index (χ0n) is 24.4. The van der Waals surface area contributed by atoms with Gasteiger partial charge in [0.25, 0.3) is 0 Å². The molecular weight excluding hydrogens is 432 g/mol. The van der Waals surface area contributed by atoms with Crippen molar-refractivity contribution in [3.63, 3.8) is 0 Å². The van der Waals surface area contributed by atoms with Crippen molar-refractivity contribution < 1.29 is 14.2 Å². The molecular formula is C32H66O3. The van der Waals surface area contributed by atoms with Crippen molar-refractivity contribution in [3.8, 4) is 0 Å². The predicted molar refractivity (Wildman–Crippen MR) is 155 cm³/mol. The number of ether oxygens (including phenoxy) is 3. The molecule has 0 fully saturated rings. The average Bonchev–Trinajstić information content (AvgIpc) is 2.87. The Morgan fingerprint density at radius 1 is 0.229 bits per heavy atom. The molecule has 212 valence electrons. The van der Waals surface area contributed by atoms with Crippen molar-refractivity contribution in [1.82, 2.24) is 0 Å². The molecule has 0 N–H and O–H groups in total. The van der Waals surface area contributed by atoms with Gasteiger partial charge in [-0.3, -0.25) is 0 Å². The lowest BCUT2D eigenvalue weighted by atomic mass is 10.0. The van der Waals surface area contributed by atoms with Crippen molar-refractivity contribution in [1.29, 1.82) is 0 Å². The maximum Gasteiger partial charge on any atom is 0.0701 e. The molecule has 0 aliphatic carbocycles. The first-order chi connectivity index (χ1) is 17.4. The van der Waals surface area contributed by atoms with Crippen LogP contribution in [-0.2, 0) is 14.2 Å². The van der Waals surface area contributed by atoms with Crippen molar-refractivity contribution in [2.45, 2.75) is 168 Å². The second-order valence-electron chi connectivity index (χ2n) is 10.6. The minimum absolute atomic E-state index is 0.694. The maximum absolute atomic E-state index is 5.69. The van der Waals surface area contributed by atoms with Crippen LogP contribution in [0.4, 0.5) is 0 Å². The zero-order chi connectivity index (χ0) is 25.3. The van der Waals surface area contributed by atoms with Crippen molar-refractivity contribution in [2.75, 3.05) is 39.6 Å². The van der Waals surface area contributed by atoms with Crippen molar-refractivity contribution in [3.05, 3.63) is 0 Å². The minimum atomic E-state index is 0.694. The molecule has 3 heteroatoms. The van der Waals surface area contributed by atoms with E-state index in [1.54, 1.807) is 0 Å². The summed E-state index contributed by atoms with van der Waals surface area (Å²) in [7, 11) is 0. The minimum Gasteiger partial charge on any atom is -0.379 e. The first-order valence-corrected chi connectivity index (χ1v) is 16.1. The standard InChI is InChI=1S/C32H66O3/c1-3-5-7-9-11-13-15-16-17-18-20-22-24-26-28-34-30-32-35-31-29-33-27-25-23-21-19-14-12-10-8-6-4-2/h3-32H2,1-2H3. The molecule has 0 saturated heterocycles. The third-order valence-corrected chi connectivity index (χ3v) is 7.03. The van der Waals surface area contributed by atoms with Gasteiger partial charge in [0.2, 0.25) is 0 Å². The second-order valence-corrected chi connectivity index (χ2v) is 10.6. The van der Waals surface area contributed by atoms with Crippen LogP contribution in [0.3, 0.4) is 0 Å². The molecule has 0 amide bonds. The molecule has 0 heterocycles. The summed E-state index contributed by atoms with van der Waals surface area (Å²) in [6, 6.07) is 0. The van der Waals surface area contributed by atoms with Crippen LogP contribution in [0.15, 0.2) is 0 Å². The van der Waals surface area contributed by atoms with E-state index in [2.05, 4.69) is 13.8 Å². The van der Waals surface area contributed by atoms with Crippen LogP contribution in [0.5, 0.6) is 0 Å². The van der Waals surface area contributed by atoms with E-state index >= 15 is 0 Å². The van der Waals surface area contributed by atoms with Crippen LogP contribution >= 0.6 is 0 Å². The average molecular weight is 499 g/mol. The largest absolute Gasteiger partial charge is 0.379 e. The van der Waals surface area contributed by atoms with Crippen LogP contribution in [0.1, 0.15) is 168 Å². The molecule has 0 aromatic rings. The van der Waals surface area contributed by atoms with Crippen LogP contribution in [0, 0.1) is 0 Å². The van der Waals surface area contributed by atoms with E-state index in [-0.39, 0.29) is 0 Å². The summed E-state index contributed by atoms with van der Waals surface area (Å²) < 4.78 is 17.0. The summed E-state index contributed by atoms with van der Waals surface area (Å²) in [4.78, 5) is 0. The Balaban J connectivity index is 3.00. The number of hydrogen-bond donors (Lipinski definition) is 0. The van der Waals surface area contributed by atoms with E-state index < -0.39 is 0 Å². The van der Waals surface area contributed by atoms with E-state index in [0.717, 1.165) is 26.4 Å². The number of hydrogen-bond acceptors (Lipinski definition) is 3. The lowest BCUT2D eigenvalue weighted by molar-refractivity contribution is 0.0132. The molecule has 35 heavy (non-hydrogen) atoms. The van der Waals surface area contributed by atoms with Gasteiger partial charge in [-0.1, -0.05) is 155 Å². The Morgan fingerprint density at radius 2 is 0.429 bits per heavy atom. The summed E-state index contributed by atoms with van der Waals surface area (Å²) in [6.45, 7) is 9.17. The molecule has 0 spiro atoms. The topological polar surface area (TPSA) is 27.7 Å². The van der Waals surface area contributed by atoms with Crippen LogP contribution in [0.25, 0.3) is 0 Å². The normalized spacial score (nSPS) is 11.5. The fraction of sp³-hybridized carbons (Fsp3) is 1.00. The van der Waals surface area contributed by atoms with Gasteiger partial charge in [-0.25, -0.2) is 0 Å². The van der Waals surface area contributed by atoms with Gasteiger partial charge in [0.05, 0.1) is 26.4 Å². The van der Waals surface area contributed by atoms with Crippen LogP contribution in [-0.4, -0.2) is 39.6 Å². The molecule has 0 saturated carbocycles. The molecule has 0 bridgehead atoms. The highest BCUT2D eigenvalue weighted by molar-refractivity contribution is 4.50. The summed E-state index contributed by atoms with van der Waals surface area (Å²) in [5.74, 6) is 0. The molecule has 0 rings (SSSR count). The van der Waals surface area contributed by atoms with E-state index in [1.165, 1.54) is 154 Å². The molecule has 0 atom stereocenters. The maximum atomic E-state index is 5.69. The fourth-order valence-electron chi connectivity index (χ4n) is 4.63. The van der Waals surface area contributed by atoms with Crippen molar-refractivity contribution in [2.24, 2.45) is 0 Å². The lowest BCUT2D eigenvalue weighted by Gasteiger charge is -2.07. The smallest absolute Gasteiger partial charge is 0.0701 e. The third-order valence-electron chi connectivity index (χ3n) is 7.03. The monoisotopic (exact) mass is 499 g/mol. The Morgan fingerprint density at radius 3 is 0.686 bits per heavy atom. The molecule has 0 aromatic heterocycles. The highest BCUT2D eigenvalue weighted by atomic mass is 16.5. The summed E-state index contributed by atoms with van der Waals surface area (Å²) in [5.41, 5.74) is 0. The fourth-order valence-corrected chi connectivity index (χ4v) is 4.63. The van der Waals surface area contributed by atoms with E-state index in [0.29, 0.717) is 13.2 Å². The van der Waals surface area contributed by atoms with E-state index in [1.807, 2.05) is 0 Å². The van der Waals surface area contributed by atoms with Crippen molar-refractivity contribution >= 4 is 0 Å². The van der Waals surface area contributed by atoms with Gasteiger partial charge in [-0.05, 0) is 12.8 Å². The van der Waals surface area contributed by atoms with Gasteiger partial charge in [0, 0.05) is 13.2 Å². The molecule has 0 aromatic carbocycles. The van der Waals surface area contributed by atoms with Crippen LogP contribution < -0.4 is 0 Å². The molecule has 0 aliphatic heterocycles. The molecule has 3 nitrogen and oxygen atoms in total. The highest BCUT2D eigenvalue weighted by Gasteiger charge is 1.96. The Labute approximate surface area is 221 Å². The molecule has 0 aliphatic rings. The van der Waals surface area contributed by atoms with Gasteiger partial charge >= 0.3 is 0 Å². The van der Waals surface area contributed by atoms with Gasteiger partial charge < -0.3 is 14.2 Å². The predicted octanol–water partition coefficient (Wildman–Crippen LogP) is 10.4. The van der Waals surface area contributed by atoms with Crippen LogP contribution in [0.2, 0.25) is 0 Å². The SMILES string of the molecule is CCCCCCCCCCCCCCCCOCCOCCOCCCCCCCCCCCC. The van der Waals surface area contributed by atoms with Gasteiger partial charge in [-0.15, -0.1) is 0 Å². The first kappa shape index (κ1) is 34.9. The van der Waals surface area contributed by atoms with E-state index in [9.17, 15) is 0 Å². The first-order valence-electron chi connectivity index (χ1n) is 16.1. The quantitative estimate of drug-likeness (QED) is 0.0863. The number of rotatable bonds is 32. The summed E-state index contributed by atoms with van der Waals surface area (Å²) in [5, 5.41) is 0. The summed E-state index contributed by atoms with van der Waals surface area (Å²) in [6.07, 6.45) is 33.3. The number of unbranched alkanes of at least 4 members (excludes halogenated alkanes) is 22. The van der Waals surface area contributed by atoms with Gasteiger partial charge in [0.15, 0.2) is 0 Å². The van der Waals surface area contributed by atoms with Gasteiger partial charge in [-0.2, -0.15) is 0 Å². The molecule has 0 radical (unpaired) electrons. The summed E-state index contributed by atoms with van der Waals surface area (Å²) >= 11 is 0. The highest BCUT2D eigenvalue weighted by Crippen LogP contribution is 2.13. The zero-order valence-corrected chi connectivity index (χ0v) is 24.4. The Bertz CT molecular complexity index is 316. The molecule has 0 unspecified atom stereocenters.